The van der Waals surface area contributed by atoms with E-state index in [9.17, 15) is 5.11 Å². The molecule has 1 saturated carbocycles. The summed E-state index contributed by atoms with van der Waals surface area (Å²) in [4.78, 5) is 0. The van der Waals surface area contributed by atoms with Gasteiger partial charge in [0.15, 0.2) is 0 Å². The Balaban J connectivity index is 1.51. The summed E-state index contributed by atoms with van der Waals surface area (Å²) in [5.74, 6) is 0.807. The molecule has 0 spiro atoms. The standard InChI is InChI=1S/C21H24N2O2/c22-13-17-5-3-7-19(11-17)15-25-20-8-4-6-18(12-20)14-23-16-21(24)9-1-2-10-21/h3-8,11-12,23-24H,1-2,9-10,14-16H2. The molecule has 0 unspecified atom stereocenters. The van der Waals surface area contributed by atoms with Crippen molar-refractivity contribution in [2.45, 2.75) is 44.4 Å². The highest BCUT2D eigenvalue weighted by molar-refractivity contribution is 5.33. The number of rotatable bonds is 7. The van der Waals surface area contributed by atoms with Crippen molar-refractivity contribution >= 4 is 0 Å². The molecule has 0 radical (unpaired) electrons. The summed E-state index contributed by atoms with van der Waals surface area (Å²) < 4.78 is 5.85. The van der Waals surface area contributed by atoms with Crippen LogP contribution in [0.3, 0.4) is 0 Å². The van der Waals surface area contributed by atoms with Crippen LogP contribution in [0.15, 0.2) is 48.5 Å². The number of ether oxygens (including phenoxy) is 1. The van der Waals surface area contributed by atoms with E-state index < -0.39 is 5.60 Å². The van der Waals surface area contributed by atoms with Gasteiger partial charge in [0.25, 0.3) is 0 Å². The van der Waals surface area contributed by atoms with Crippen LogP contribution >= 0.6 is 0 Å². The number of hydrogen-bond donors (Lipinski definition) is 2. The Morgan fingerprint density at radius 3 is 2.64 bits per heavy atom. The number of aliphatic hydroxyl groups is 1. The lowest BCUT2D eigenvalue weighted by Gasteiger charge is -2.22. The Kier molecular flexibility index (Phi) is 5.70. The largest absolute Gasteiger partial charge is 0.489 e. The minimum atomic E-state index is -0.528. The lowest BCUT2D eigenvalue weighted by atomic mass is 10.0. The van der Waals surface area contributed by atoms with Gasteiger partial charge < -0.3 is 15.2 Å². The molecule has 0 aromatic heterocycles. The number of benzene rings is 2. The van der Waals surface area contributed by atoms with E-state index in [0.29, 0.717) is 25.3 Å². The van der Waals surface area contributed by atoms with Crippen LogP contribution in [0.4, 0.5) is 0 Å². The molecular weight excluding hydrogens is 312 g/mol. The minimum absolute atomic E-state index is 0.437. The van der Waals surface area contributed by atoms with Gasteiger partial charge in [-0.2, -0.15) is 5.26 Å². The van der Waals surface area contributed by atoms with Crippen LogP contribution in [0.2, 0.25) is 0 Å². The van der Waals surface area contributed by atoms with Crippen molar-refractivity contribution in [1.29, 1.82) is 5.26 Å². The van der Waals surface area contributed by atoms with Crippen LogP contribution in [0, 0.1) is 11.3 Å². The van der Waals surface area contributed by atoms with E-state index in [0.717, 1.165) is 42.6 Å². The van der Waals surface area contributed by atoms with E-state index in [4.69, 9.17) is 10.00 Å². The molecule has 4 heteroatoms. The summed E-state index contributed by atoms with van der Waals surface area (Å²) in [6, 6.07) is 17.6. The summed E-state index contributed by atoms with van der Waals surface area (Å²) >= 11 is 0. The smallest absolute Gasteiger partial charge is 0.120 e. The van der Waals surface area contributed by atoms with E-state index in [1.54, 1.807) is 6.07 Å². The molecule has 2 aromatic carbocycles. The molecule has 1 aliphatic rings. The summed E-state index contributed by atoms with van der Waals surface area (Å²) in [6.07, 6.45) is 4.03. The van der Waals surface area contributed by atoms with E-state index in [-0.39, 0.29) is 0 Å². The van der Waals surface area contributed by atoms with Gasteiger partial charge in [-0.1, -0.05) is 37.1 Å². The maximum atomic E-state index is 10.4. The quantitative estimate of drug-likeness (QED) is 0.812. The zero-order valence-corrected chi connectivity index (χ0v) is 14.4. The molecule has 0 heterocycles. The molecule has 1 aliphatic carbocycles. The van der Waals surface area contributed by atoms with Crippen molar-refractivity contribution in [2.24, 2.45) is 0 Å². The fourth-order valence-electron chi connectivity index (χ4n) is 3.29. The van der Waals surface area contributed by atoms with Gasteiger partial charge in [-0.3, -0.25) is 0 Å². The van der Waals surface area contributed by atoms with Gasteiger partial charge in [-0.05, 0) is 48.2 Å². The van der Waals surface area contributed by atoms with Crippen molar-refractivity contribution < 1.29 is 9.84 Å². The van der Waals surface area contributed by atoms with Crippen molar-refractivity contribution in [2.75, 3.05) is 6.54 Å². The van der Waals surface area contributed by atoms with E-state index in [1.165, 1.54) is 0 Å². The van der Waals surface area contributed by atoms with E-state index >= 15 is 0 Å². The number of nitrogens with one attached hydrogen (secondary N) is 1. The van der Waals surface area contributed by atoms with Crippen molar-refractivity contribution in [1.82, 2.24) is 5.32 Å². The second kappa shape index (κ2) is 8.15. The zero-order chi connectivity index (χ0) is 17.5. The first-order valence-electron chi connectivity index (χ1n) is 8.81. The minimum Gasteiger partial charge on any atom is -0.489 e. The normalized spacial score (nSPS) is 15.7. The third kappa shape index (κ3) is 5.06. The molecule has 2 aromatic rings. The third-order valence-electron chi connectivity index (χ3n) is 4.68. The predicted octanol–water partition coefficient (Wildman–Crippen LogP) is 3.53. The van der Waals surface area contributed by atoms with Crippen LogP contribution in [0.1, 0.15) is 42.4 Å². The summed E-state index contributed by atoms with van der Waals surface area (Å²) in [5.41, 5.74) is 2.22. The maximum Gasteiger partial charge on any atom is 0.120 e. The number of nitrogens with zero attached hydrogens (tertiary/aromatic N) is 1. The average Bonchev–Trinajstić information content (AvgIpc) is 3.07. The van der Waals surface area contributed by atoms with Gasteiger partial charge in [-0.15, -0.1) is 0 Å². The highest BCUT2D eigenvalue weighted by Gasteiger charge is 2.30. The Labute approximate surface area is 149 Å². The van der Waals surface area contributed by atoms with Gasteiger partial charge in [0, 0.05) is 13.1 Å². The number of nitriles is 1. The Morgan fingerprint density at radius 2 is 1.84 bits per heavy atom. The molecule has 0 amide bonds. The molecule has 0 saturated heterocycles. The van der Waals surface area contributed by atoms with Crippen LogP contribution < -0.4 is 10.1 Å². The van der Waals surface area contributed by atoms with Gasteiger partial charge in [-0.25, -0.2) is 0 Å². The molecule has 0 bridgehead atoms. The van der Waals surface area contributed by atoms with Gasteiger partial charge in [0.2, 0.25) is 0 Å². The summed E-state index contributed by atoms with van der Waals surface area (Å²) in [7, 11) is 0. The SMILES string of the molecule is N#Cc1cccc(COc2cccc(CNCC3(O)CCCC3)c2)c1. The van der Waals surface area contributed by atoms with Crippen LogP contribution in [0.5, 0.6) is 5.75 Å². The maximum absolute atomic E-state index is 10.4. The summed E-state index contributed by atoms with van der Waals surface area (Å²) in [5, 5.41) is 22.7. The first kappa shape index (κ1) is 17.5. The molecule has 3 rings (SSSR count). The average molecular weight is 336 g/mol. The zero-order valence-electron chi connectivity index (χ0n) is 14.4. The summed E-state index contributed by atoms with van der Waals surface area (Å²) in [6.45, 7) is 1.79. The first-order chi connectivity index (χ1) is 12.2. The molecule has 4 nitrogen and oxygen atoms in total. The molecule has 0 atom stereocenters. The molecule has 1 fully saturated rings. The van der Waals surface area contributed by atoms with Gasteiger partial charge in [0.05, 0.1) is 17.2 Å². The second-order valence-electron chi connectivity index (χ2n) is 6.78. The number of hydrogen-bond acceptors (Lipinski definition) is 4. The fourth-order valence-corrected chi connectivity index (χ4v) is 3.29. The molecule has 2 N–H and O–H groups in total. The van der Waals surface area contributed by atoms with Crippen molar-refractivity contribution in [3.05, 3.63) is 65.2 Å². The molecule has 130 valence electrons. The van der Waals surface area contributed by atoms with Gasteiger partial charge in [0.1, 0.15) is 12.4 Å². The monoisotopic (exact) mass is 336 g/mol. The Bertz CT molecular complexity index is 746. The van der Waals surface area contributed by atoms with E-state index in [2.05, 4.69) is 17.5 Å². The Hall–Kier alpha value is -2.35. The highest BCUT2D eigenvalue weighted by Crippen LogP contribution is 2.28. The third-order valence-corrected chi connectivity index (χ3v) is 4.68. The fraction of sp³-hybridized carbons (Fsp3) is 0.381. The topological polar surface area (TPSA) is 65.3 Å². The highest BCUT2D eigenvalue weighted by atomic mass is 16.5. The second-order valence-corrected chi connectivity index (χ2v) is 6.78. The van der Waals surface area contributed by atoms with Crippen LogP contribution in [-0.2, 0) is 13.2 Å². The van der Waals surface area contributed by atoms with Crippen molar-refractivity contribution in [3.8, 4) is 11.8 Å². The lowest BCUT2D eigenvalue weighted by molar-refractivity contribution is 0.0475. The van der Waals surface area contributed by atoms with E-state index in [1.807, 2.05) is 36.4 Å². The van der Waals surface area contributed by atoms with Crippen molar-refractivity contribution in [3.63, 3.8) is 0 Å². The Morgan fingerprint density at radius 1 is 1.08 bits per heavy atom. The lowest BCUT2D eigenvalue weighted by Crippen LogP contribution is -2.37. The van der Waals surface area contributed by atoms with Gasteiger partial charge >= 0.3 is 0 Å². The molecular formula is C21H24N2O2. The van der Waals surface area contributed by atoms with Crippen LogP contribution in [-0.4, -0.2) is 17.3 Å². The van der Waals surface area contributed by atoms with Crippen LogP contribution in [0.25, 0.3) is 0 Å². The first-order valence-corrected chi connectivity index (χ1v) is 8.81. The molecule has 0 aliphatic heterocycles. The predicted molar refractivity (Wildman–Crippen MR) is 97.1 cm³/mol. The molecule has 25 heavy (non-hydrogen) atoms.